The van der Waals surface area contributed by atoms with Gasteiger partial charge in [0.05, 0.1) is 12.0 Å². The Bertz CT molecular complexity index is 677. The zero-order valence-corrected chi connectivity index (χ0v) is 13.8. The number of esters is 2. The number of H-pyrrole nitrogens is 2. The van der Waals surface area contributed by atoms with Crippen molar-refractivity contribution in [1.82, 2.24) is 9.97 Å². The average molecular weight is 340 g/mol. The highest BCUT2D eigenvalue weighted by Crippen LogP contribution is 2.09. The van der Waals surface area contributed by atoms with Gasteiger partial charge >= 0.3 is 11.9 Å². The summed E-state index contributed by atoms with van der Waals surface area (Å²) in [6.45, 7) is 5.11. The summed E-state index contributed by atoms with van der Waals surface area (Å²) in [4.78, 5) is 39.2. The predicted octanol–water partition coefficient (Wildman–Crippen LogP) is 2.76. The molecule has 126 valence electrons. The Labute approximate surface area is 138 Å². The van der Waals surface area contributed by atoms with Gasteiger partial charge in [0.15, 0.2) is 4.77 Å². The predicted molar refractivity (Wildman–Crippen MR) is 86.5 cm³/mol. The summed E-state index contributed by atoms with van der Waals surface area (Å²) in [5, 5.41) is 0. The second-order valence-corrected chi connectivity index (χ2v) is 5.41. The third-order valence-corrected chi connectivity index (χ3v) is 3.03. The van der Waals surface area contributed by atoms with Crippen molar-refractivity contribution in [2.24, 2.45) is 0 Å². The molecule has 0 unspecified atom stereocenters. The van der Waals surface area contributed by atoms with Gasteiger partial charge in [-0.3, -0.25) is 19.4 Å². The van der Waals surface area contributed by atoms with Crippen molar-refractivity contribution in [3.63, 3.8) is 0 Å². The minimum Gasteiger partial charge on any atom is -0.432 e. The summed E-state index contributed by atoms with van der Waals surface area (Å²) in [6.07, 6.45) is 4.68. The number of hydrogen-bond donors (Lipinski definition) is 2. The van der Waals surface area contributed by atoms with Crippen LogP contribution in [0.1, 0.15) is 45.4 Å². The molecule has 0 fully saturated rings. The maximum absolute atomic E-state index is 11.6. The van der Waals surface area contributed by atoms with E-state index in [1.54, 1.807) is 6.92 Å². The molecule has 0 amide bonds. The first-order valence-electron chi connectivity index (χ1n) is 7.27. The van der Waals surface area contributed by atoms with Crippen LogP contribution in [0.5, 0.6) is 5.75 Å². The second kappa shape index (κ2) is 9.73. The van der Waals surface area contributed by atoms with Gasteiger partial charge < -0.3 is 14.5 Å². The summed E-state index contributed by atoms with van der Waals surface area (Å²) in [5.41, 5.74) is -0.543. The van der Waals surface area contributed by atoms with Gasteiger partial charge in [0, 0.05) is 12.8 Å². The van der Waals surface area contributed by atoms with Crippen molar-refractivity contribution in [2.45, 2.75) is 45.4 Å². The van der Waals surface area contributed by atoms with Gasteiger partial charge in [0.25, 0.3) is 5.56 Å². The number of aromatic nitrogens is 2. The topological polar surface area (TPSA) is 101 Å². The summed E-state index contributed by atoms with van der Waals surface area (Å²) >= 11 is 4.74. The number of aromatic amines is 2. The van der Waals surface area contributed by atoms with Gasteiger partial charge in [-0.1, -0.05) is 19.4 Å². The summed E-state index contributed by atoms with van der Waals surface area (Å²) < 4.78 is 9.94. The zero-order valence-electron chi connectivity index (χ0n) is 13.0. The highest BCUT2D eigenvalue weighted by Gasteiger charge is 2.08. The van der Waals surface area contributed by atoms with Gasteiger partial charge in [0.2, 0.25) is 5.75 Å². The van der Waals surface area contributed by atoms with Crippen LogP contribution in [0.4, 0.5) is 0 Å². The molecule has 1 aromatic heterocycles. The van der Waals surface area contributed by atoms with Crippen LogP contribution >= 0.6 is 12.2 Å². The van der Waals surface area contributed by atoms with Crippen molar-refractivity contribution in [2.75, 3.05) is 0 Å². The number of carbonyl (C=O) groups is 2. The Kier molecular flexibility index (Phi) is 7.96. The Morgan fingerprint density at radius 3 is 2.35 bits per heavy atom. The van der Waals surface area contributed by atoms with Crippen LogP contribution in [0.3, 0.4) is 0 Å². The number of hydrogen-bond acceptors (Lipinski definition) is 6. The lowest BCUT2D eigenvalue weighted by Crippen LogP contribution is -2.16. The van der Waals surface area contributed by atoms with Crippen LogP contribution in [-0.2, 0) is 14.3 Å². The number of carbonyl (C=O) groups excluding carboxylic acids is 2. The van der Waals surface area contributed by atoms with Crippen LogP contribution in [0.25, 0.3) is 0 Å². The van der Waals surface area contributed by atoms with Crippen LogP contribution in [0.2, 0.25) is 0 Å². The molecule has 8 heteroatoms. The molecule has 0 saturated heterocycles. The molecular weight excluding hydrogens is 320 g/mol. The van der Waals surface area contributed by atoms with E-state index in [0.29, 0.717) is 25.0 Å². The molecule has 0 saturated carbocycles. The Morgan fingerprint density at radius 1 is 1.17 bits per heavy atom. The maximum atomic E-state index is 11.6. The Morgan fingerprint density at radius 2 is 1.78 bits per heavy atom. The molecule has 0 aromatic carbocycles. The molecule has 0 aliphatic rings. The first-order chi connectivity index (χ1) is 10.9. The smallest absolute Gasteiger partial charge is 0.311 e. The summed E-state index contributed by atoms with van der Waals surface area (Å²) in [7, 11) is 0. The molecule has 0 aliphatic heterocycles. The van der Waals surface area contributed by atoms with E-state index in [0.717, 1.165) is 12.8 Å². The molecule has 0 atom stereocenters. The molecule has 1 rings (SSSR count). The van der Waals surface area contributed by atoms with Gasteiger partial charge in [-0.05, 0) is 32.0 Å². The lowest BCUT2D eigenvalue weighted by atomic mass is 10.1. The highest BCUT2D eigenvalue weighted by molar-refractivity contribution is 7.71. The van der Waals surface area contributed by atoms with Crippen molar-refractivity contribution in [3.8, 4) is 5.75 Å². The lowest BCUT2D eigenvalue weighted by molar-refractivity contribution is -0.139. The molecule has 0 bridgehead atoms. The summed E-state index contributed by atoms with van der Waals surface area (Å²) in [6, 6.07) is 0. The van der Waals surface area contributed by atoms with Crippen LogP contribution in [0.15, 0.2) is 23.3 Å². The normalized spacial score (nSPS) is 10.1. The van der Waals surface area contributed by atoms with E-state index in [9.17, 15) is 14.4 Å². The fourth-order valence-electron chi connectivity index (χ4n) is 1.78. The number of unbranched alkanes of at least 4 members (excludes halogenated alkanes) is 3. The SMILES string of the molecule is C=C(C)OC(=O)CCCCCCC(=O)Oc1c[nH]c(=S)[nH]c1=O. The molecule has 0 radical (unpaired) electrons. The van der Waals surface area contributed by atoms with Gasteiger partial charge in [0.1, 0.15) is 0 Å². The third kappa shape index (κ3) is 8.10. The van der Waals surface area contributed by atoms with Crippen LogP contribution < -0.4 is 10.3 Å². The molecule has 0 spiro atoms. The highest BCUT2D eigenvalue weighted by atomic mass is 32.1. The Balaban J connectivity index is 2.17. The van der Waals surface area contributed by atoms with E-state index in [2.05, 4.69) is 16.5 Å². The largest absolute Gasteiger partial charge is 0.432 e. The molecule has 1 heterocycles. The molecule has 0 aliphatic carbocycles. The first-order valence-corrected chi connectivity index (χ1v) is 7.68. The minimum absolute atomic E-state index is 0.105. The number of nitrogens with one attached hydrogen (secondary N) is 2. The fourth-order valence-corrected chi connectivity index (χ4v) is 1.94. The minimum atomic E-state index is -0.543. The second-order valence-electron chi connectivity index (χ2n) is 5.00. The quantitative estimate of drug-likeness (QED) is 0.310. The Hall–Kier alpha value is -2.22. The molecule has 1 aromatic rings. The van der Waals surface area contributed by atoms with E-state index in [4.69, 9.17) is 21.7 Å². The molecule has 7 nitrogen and oxygen atoms in total. The summed E-state index contributed by atoms with van der Waals surface area (Å²) in [5.74, 6) is -0.500. The lowest BCUT2D eigenvalue weighted by Gasteiger charge is -2.04. The standard InChI is InChI=1S/C15H20N2O5S/c1-10(2)21-12(18)7-5-3-4-6-8-13(19)22-11-9-16-15(23)17-14(11)20/h9H,1,3-8H2,2H3,(H2,16,17,20,23). The van der Waals surface area contributed by atoms with Gasteiger partial charge in [-0.25, -0.2) is 0 Å². The van der Waals surface area contributed by atoms with E-state index in [-0.39, 0.29) is 22.9 Å². The van der Waals surface area contributed by atoms with E-state index in [1.165, 1.54) is 6.20 Å². The molecular formula is C15H20N2O5S. The van der Waals surface area contributed by atoms with Crippen molar-refractivity contribution >= 4 is 24.2 Å². The zero-order chi connectivity index (χ0) is 17.2. The van der Waals surface area contributed by atoms with Crippen LogP contribution in [0, 0.1) is 4.77 Å². The monoisotopic (exact) mass is 340 g/mol. The average Bonchev–Trinajstić information content (AvgIpc) is 2.45. The van der Waals surface area contributed by atoms with E-state index >= 15 is 0 Å². The number of rotatable bonds is 9. The van der Waals surface area contributed by atoms with Crippen molar-refractivity contribution in [3.05, 3.63) is 33.7 Å². The van der Waals surface area contributed by atoms with Crippen LogP contribution in [-0.4, -0.2) is 21.9 Å². The number of allylic oxidation sites excluding steroid dienone is 1. The molecule has 23 heavy (non-hydrogen) atoms. The van der Waals surface area contributed by atoms with Crippen molar-refractivity contribution in [1.29, 1.82) is 0 Å². The van der Waals surface area contributed by atoms with E-state index < -0.39 is 11.5 Å². The van der Waals surface area contributed by atoms with Gasteiger partial charge in [-0.15, -0.1) is 0 Å². The van der Waals surface area contributed by atoms with Crippen molar-refractivity contribution < 1.29 is 19.1 Å². The third-order valence-electron chi connectivity index (χ3n) is 2.81. The van der Waals surface area contributed by atoms with Gasteiger partial charge in [-0.2, -0.15) is 0 Å². The maximum Gasteiger partial charge on any atom is 0.311 e. The first kappa shape index (κ1) is 18.8. The van der Waals surface area contributed by atoms with E-state index in [1.807, 2.05) is 0 Å². The number of ether oxygens (including phenoxy) is 2. The molecule has 2 N–H and O–H groups in total. The fraction of sp³-hybridized carbons (Fsp3) is 0.467.